The molecule has 2 heterocycles. The largest absolute Gasteiger partial charge is 0.478 e. The van der Waals surface area contributed by atoms with Crippen LogP contribution in [-0.2, 0) is 4.79 Å². The highest BCUT2D eigenvalue weighted by Gasteiger charge is 2.26. The molecule has 1 aromatic heterocycles. The van der Waals surface area contributed by atoms with E-state index < -0.39 is 5.97 Å². The van der Waals surface area contributed by atoms with Crippen LogP contribution in [0.3, 0.4) is 0 Å². The van der Waals surface area contributed by atoms with Crippen molar-refractivity contribution in [2.75, 3.05) is 0 Å². The molecular formula is C7H8N4O2. The van der Waals surface area contributed by atoms with Gasteiger partial charge in [0.1, 0.15) is 6.04 Å². The molecule has 1 atom stereocenters. The van der Waals surface area contributed by atoms with E-state index in [-0.39, 0.29) is 11.6 Å². The molecule has 68 valence electrons. The van der Waals surface area contributed by atoms with Crippen molar-refractivity contribution in [1.82, 2.24) is 21.0 Å². The number of hydrogen-bond donors (Lipinski definition) is 4. The Morgan fingerprint density at radius 3 is 3.08 bits per heavy atom. The number of aromatic nitrogens is 2. The number of nitrogens with zero attached hydrogens (tertiary/aromatic N) is 1. The van der Waals surface area contributed by atoms with Crippen molar-refractivity contribution in [3.05, 3.63) is 29.7 Å². The summed E-state index contributed by atoms with van der Waals surface area (Å²) in [7, 11) is 0. The second-order valence-corrected chi connectivity index (χ2v) is 2.64. The molecule has 1 aromatic rings. The van der Waals surface area contributed by atoms with Gasteiger partial charge in [0.15, 0.2) is 0 Å². The van der Waals surface area contributed by atoms with Crippen molar-refractivity contribution >= 4 is 5.97 Å². The SMILES string of the molecule is O=C(O)C1=CNNC1c1ccn[nH]1. The summed E-state index contributed by atoms with van der Waals surface area (Å²) >= 11 is 0. The fraction of sp³-hybridized carbons (Fsp3) is 0.143. The maximum absolute atomic E-state index is 10.7. The molecule has 6 nitrogen and oxygen atoms in total. The predicted octanol–water partition coefficient (Wildman–Crippen LogP) is -0.473. The van der Waals surface area contributed by atoms with E-state index in [4.69, 9.17) is 5.11 Å². The second kappa shape index (κ2) is 2.91. The Kier molecular flexibility index (Phi) is 1.75. The molecule has 1 aliphatic heterocycles. The van der Waals surface area contributed by atoms with Crippen molar-refractivity contribution in [2.24, 2.45) is 0 Å². The predicted molar refractivity (Wildman–Crippen MR) is 43.3 cm³/mol. The van der Waals surface area contributed by atoms with E-state index >= 15 is 0 Å². The molecule has 0 spiro atoms. The van der Waals surface area contributed by atoms with Crippen LogP contribution in [0.5, 0.6) is 0 Å². The molecule has 0 bridgehead atoms. The van der Waals surface area contributed by atoms with Gasteiger partial charge >= 0.3 is 5.97 Å². The summed E-state index contributed by atoms with van der Waals surface area (Å²) in [5.41, 5.74) is 6.44. The van der Waals surface area contributed by atoms with Crippen LogP contribution >= 0.6 is 0 Å². The maximum Gasteiger partial charge on any atom is 0.335 e. The first kappa shape index (κ1) is 7.81. The van der Waals surface area contributed by atoms with Gasteiger partial charge < -0.3 is 10.5 Å². The number of hydrogen-bond acceptors (Lipinski definition) is 4. The lowest BCUT2D eigenvalue weighted by molar-refractivity contribution is -0.132. The number of aliphatic carboxylic acids is 1. The molecule has 13 heavy (non-hydrogen) atoms. The van der Waals surface area contributed by atoms with E-state index in [0.29, 0.717) is 0 Å². The Bertz CT molecular complexity index is 343. The standard InChI is InChI=1S/C7H8N4O2/c12-7(13)4-3-9-11-6(4)5-1-2-8-10-5/h1-3,6,9,11H,(H,8,10)(H,12,13). The molecule has 4 N–H and O–H groups in total. The maximum atomic E-state index is 10.7. The number of nitrogens with one attached hydrogen (secondary N) is 3. The summed E-state index contributed by atoms with van der Waals surface area (Å²) in [6.07, 6.45) is 3.00. The Morgan fingerprint density at radius 2 is 2.46 bits per heavy atom. The third kappa shape index (κ3) is 1.27. The third-order valence-corrected chi connectivity index (χ3v) is 1.85. The molecule has 0 amide bonds. The Hall–Kier alpha value is -1.82. The molecule has 2 rings (SSSR count). The van der Waals surface area contributed by atoms with Crippen molar-refractivity contribution in [1.29, 1.82) is 0 Å². The van der Waals surface area contributed by atoms with Gasteiger partial charge in [-0.15, -0.1) is 0 Å². The molecule has 0 aromatic carbocycles. The second-order valence-electron chi connectivity index (χ2n) is 2.64. The van der Waals surface area contributed by atoms with Crippen molar-refractivity contribution in [3.8, 4) is 0 Å². The van der Waals surface area contributed by atoms with Gasteiger partial charge in [0, 0.05) is 12.4 Å². The molecule has 0 aliphatic carbocycles. The zero-order valence-corrected chi connectivity index (χ0v) is 6.61. The number of carboxylic acid groups (broad SMARTS) is 1. The molecule has 1 unspecified atom stereocenters. The number of carbonyl (C=O) groups is 1. The van der Waals surface area contributed by atoms with Crippen LogP contribution in [0, 0.1) is 0 Å². The van der Waals surface area contributed by atoms with Crippen LogP contribution in [0.2, 0.25) is 0 Å². The van der Waals surface area contributed by atoms with Crippen molar-refractivity contribution in [2.45, 2.75) is 6.04 Å². The summed E-state index contributed by atoms with van der Waals surface area (Å²) < 4.78 is 0. The van der Waals surface area contributed by atoms with E-state index in [1.165, 1.54) is 6.20 Å². The summed E-state index contributed by atoms with van der Waals surface area (Å²) in [5.74, 6) is -0.947. The number of carboxylic acids is 1. The van der Waals surface area contributed by atoms with Crippen LogP contribution in [0.15, 0.2) is 24.0 Å². The lowest BCUT2D eigenvalue weighted by Gasteiger charge is -2.08. The average Bonchev–Trinajstić information content (AvgIpc) is 2.74. The highest BCUT2D eigenvalue weighted by Crippen LogP contribution is 2.21. The van der Waals surface area contributed by atoms with Crippen LogP contribution in [-0.4, -0.2) is 21.3 Å². The first-order valence-electron chi connectivity index (χ1n) is 3.72. The van der Waals surface area contributed by atoms with Crippen LogP contribution in [0.4, 0.5) is 0 Å². The summed E-state index contributed by atoms with van der Waals surface area (Å²) in [6.45, 7) is 0. The zero-order valence-electron chi connectivity index (χ0n) is 6.61. The average molecular weight is 180 g/mol. The lowest BCUT2D eigenvalue weighted by atomic mass is 10.1. The fourth-order valence-corrected chi connectivity index (χ4v) is 1.22. The van der Waals surface area contributed by atoms with Gasteiger partial charge in [-0.3, -0.25) is 5.10 Å². The minimum atomic E-state index is -0.947. The molecule has 0 radical (unpaired) electrons. The quantitative estimate of drug-likeness (QED) is 0.494. The molecule has 6 heteroatoms. The van der Waals surface area contributed by atoms with Crippen molar-refractivity contribution < 1.29 is 9.90 Å². The number of aromatic amines is 1. The van der Waals surface area contributed by atoms with Gasteiger partial charge in [-0.05, 0) is 6.07 Å². The van der Waals surface area contributed by atoms with Gasteiger partial charge in [-0.1, -0.05) is 0 Å². The number of hydrazine groups is 1. The van der Waals surface area contributed by atoms with Crippen LogP contribution in [0.1, 0.15) is 11.7 Å². The monoisotopic (exact) mass is 180 g/mol. The number of H-pyrrole nitrogens is 1. The van der Waals surface area contributed by atoms with Gasteiger partial charge in [0.05, 0.1) is 11.3 Å². The van der Waals surface area contributed by atoms with Crippen molar-refractivity contribution in [3.63, 3.8) is 0 Å². The van der Waals surface area contributed by atoms with E-state index in [1.807, 2.05) is 0 Å². The molecule has 0 fully saturated rings. The van der Waals surface area contributed by atoms with Crippen LogP contribution < -0.4 is 10.9 Å². The molecule has 0 saturated carbocycles. The normalized spacial score (nSPS) is 20.9. The summed E-state index contributed by atoms with van der Waals surface area (Å²) in [6, 6.07) is 1.36. The first-order valence-corrected chi connectivity index (χ1v) is 3.72. The van der Waals surface area contributed by atoms with Gasteiger partial charge in [-0.25, -0.2) is 10.2 Å². The minimum absolute atomic E-state index is 0.268. The summed E-state index contributed by atoms with van der Waals surface area (Å²) in [4.78, 5) is 10.7. The molecule has 0 saturated heterocycles. The minimum Gasteiger partial charge on any atom is -0.478 e. The van der Waals surface area contributed by atoms with Gasteiger partial charge in [0.2, 0.25) is 0 Å². The highest BCUT2D eigenvalue weighted by molar-refractivity contribution is 5.88. The lowest BCUT2D eigenvalue weighted by Crippen LogP contribution is -2.26. The zero-order chi connectivity index (χ0) is 9.26. The van der Waals surface area contributed by atoms with Crippen LogP contribution in [0.25, 0.3) is 0 Å². The Balaban J connectivity index is 2.27. The van der Waals surface area contributed by atoms with E-state index in [2.05, 4.69) is 21.0 Å². The Morgan fingerprint density at radius 1 is 1.62 bits per heavy atom. The third-order valence-electron chi connectivity index (χ3n) is 1.85. The van der Waals surface area contributed by atoms with E-state index in [0.717, 1.165) is 5.69 Å². The molecule has 1 aliphatic rings. The fourth-order valence-electron chi connectivity index (χ4n) is 1.22. The van der Waals surface area contributed by atoms with E-state index in [1.54, 1.807) is 12.3 Å². The first-order chi connectivity index (χ1) is 6.29. The molecular weight excluding hydrogens is 172 g/mol. The van der Waals surface area contributed by atoms with Gasteiger partial charge in [0.25, 0.3) is 0 Å². The number of rotatable bonds is 2. The summed E-state index contributed by atoms with van der Waals surface area (Å²) in [5, 5.41) is 15.3. The Labute approximate surface area is 73.6 Å². The topological polar surface area (TPSA) is 90.0 Å². The smallest absolute Gasteiger partial charge is 0.335 e. The van der Waals surface area contributed by atoms with E-state index in [9.17, 15) is 4.79 Å². The highest BCUT2D eigenvalue weighted by atomic mass is 16.4. The van der Waals surface area contributed by atoms with Gasteiger partial charge in [-0.2, -0.15) is 5.10 Å².